The van der Waals surface area contributed by atoms with E-state index in [2.05, 4.69) is 4.74 Å². The molecule has 0 aliphatic heterocycles. The first-order valence-electron chi connectivity index (χ1n) is 12.1. The quantitative estimate of drug-likeness (QED) is 0.0996. The lowest BCUT2D eigenvalue weighted by Crippen LogP contribution is -2.14. The lowest BCUT2D eigenvalue weighted by molar-refractivity contribution is -0.0696. The number of carbonyl (C=O) groups excluding carboxylic acids is 1. The van der Waals surface area contributed by atoms with Crippen LogP contribution in [0.4, 0.5) is 35.1 Å². The first-order chi connectivity index (χ1) is 19.4. The number of rotatable bonds is 6. The zero-order valence-corrected chi connectivity index (χ0v) is 21.1. The SMILES string of the molecule is CCCc1ccc(-c2ccc(-c3cc(F)c(C(=O)Oc4cc(F)c(C#CC(F)(F)F)c(F)c4)c(F)c3)c(F)c2)cc1. The van der Waals surface area contributed by atoms with Crippen LogP contribution >= 0.6 is 0 Å². The summed E-state index contributed by atoms with van der Waals surface area (Å²) in [4.78, 5) is 12.4. The first-order valence-corrected chi connectivity index (χ1v) is 12.1. The molecule has 0 N–H and O–H groups in total. The standard InChI is InChI=1S/C31H18F8O2/c1-2-3-17-4-6-18(7-5-17)19-8-9-22(24(32)12-19)20-13-27(35)29(28(36)14-20)30(40)41-21-15-25(33)23(26(34)16-21)10-11-31(37,38)39/h4-9,12-16H,2-3H2,1H3. The van der Waals surface area contributed by atoms with E-state index in [1.54, 1.807) is 6.07 Å². The third kappa shape index (κ3) is 6.92. The van der Waals surface area contributed by atoms with Crippen LogP contribution in [0.5, 0.6) is 5.75 Å². The van der Waals surface area contributed by atoms with Crippen molar-refractivity contribution in [3.63, 3.8) is 0 Å². The summed E-state index contributed by atoms with van der Waals surface area (Å²) in [7, 11) is 0. The smallest absolute Gasteiger partial charge is 0.423 e. The predicted octanol–water partition coefficient (Wildman–Crippen LogP) is 8.80. The van der Waals surface area contributed by atoms with Crippen molar-refractivity contribution in [1.29, 1.82) is 0 Å². The summed E-state index contributed by atoms with van der Waals surface area (Å²) >= 11 is 0. The van der Waals surface area contributed by atoms with Crippen molar-refractivity contribution in [3.05, 3.63) is 113 Å². The highest BCUT2D eigenvalue weighted by molar-refractivity contribution is 5.92. The number of esters is 1. The summed E-state index contributed by atoms with van der Waals surface area (Å²) in [5, 5.41) is 0. The van der Waals surface area contributed by atoms with Crippen LogP contribution in [0, 0.1) is 40.9 Å². The molecule has 0 bridgehead atoms. The van der Waals surface area contributed by atoms with Crippen molar-refractivity contribution in [1.82, 2.24) is 0 Å². The van der Waals surface area contributed by atoms with Crippen LogP contribution in [0.3, 0.4) is 0 Å². The third-order valence-electron chi connectivity index (χ3n) is 5.91. The summed E-state index contributed by atoms with van der Waals surface area (Å²) in [5.41, 5.74) is -0.479. The average molecular weight is 574 g/mol. The maximum atomic E-state index is 15.0. The zero-order chi connectivity index (χ0) is 29.9. The number of hydrogen-bond donors (Lipinski definition) is 0. The number of hydrogen-bond acceptors (Lipinski definition) is 2. The Labute approximate surface area is 229 Å². The van der Waals surface area contributed by atoms with Gasteiger partial charge in [0.15, 0.2) is 0 Å². The second-order valence-electron chi connectivity index (χ2n) is 8.86. The van der Waals surface area contributed by atoms with Crippen molar-refractivity contribution in [2.45, 2.75) is 25.9 Å². The molecule has 0 fully saturated rings. The molecule has 0 heterocycles. The van der Waals surface area contributed by atoms with Crippen molar-refractivity contribution >= 4 is 5.97 Å². The monoisotopic (exact) mass is 574 g/mol. The highest BCUT2D eigenvalue weighted by atomic mass is 19.4. The molecule has 0 atom stereocenters. The van der Waals surface area contributed by atoms with Gasteiger partial charge < -0.3 is 4.74 Å². The van der Waals surface area contributed by atoms with E-state index in [1.165, 1.54) is 18.1 Å². The first kappa shape index (κ1) is 29.3. The Balaban J connectivity index is 1.57. The molecule has 41 heavy (non-hydrogen) atoms. The number of ether oxygens (including phenoxy) is 1. The average Bonchev–Trinajstić information content (AvgIpc) is 2.87. The van der Waals surface area contributed by atoms with Crippen molar-refractivity contribution in [2.24, 2.45) is 0 Å². The molecule has 0 saturated carbocycles. The van der Waals surface area contributed by atoms with Crippen molar-refractivity contribution < 1.29 is 44.7 Å². The van der Waals surface area contributed by atoms with E-state index >= 15 is 0 Å². The molecular weight excluding hydrogens is 556 g/mol. The Kier molecular flexibility index (Phi) is 8.47. The maximum Gasteiger partial charge on any atom is 0.458 e. The van der Waals surface area contributed by atoms with E-state index in [4.69, 9.17) is 0 Å². The molecule has 0 unspecified atom stereocenters. The minimum absolute atomic E-state index is 0.159. The van der Waals surface area contributed by atoms with Gasteiger partial charge in [-0.2, -0.15) is 13.2 Å². The van der Waals surface area contributed by atoms with Gasteiger partial charge in [0, 0.05) is 23.6 Å². The minimum atomic E-state index is -5.02. The number of halogens is 8. The molecule has 10 heteroatoms. The highest BCUT2D eigenvalue weighted by Crippen LogP contribution is 2.31. The molecular formula is C31H18F8O2. The normalized spacial score (nSPS) is 11.1. The zero-order valence-electron chi connectivity index (χ0n) is 21.1. The fourth-order valence-electron chi connectivity index (χ4n) is 4.02. The summed E-state index contributed by atoms with van der Waals surface area (Å²) in [6.45, 7) is 2.05. The topological polar surface area (TPSA) is 26.3 Å². The Hall–Kier alpha value is -4.65. The van der Waals surface area contributed by atoms with Crippen LogP contribution in [0.15, 0.2) is 66.7 Å². The molecule has 0 saturated heterocycles. The van der Waals surface area contributed by atoms with Gasteiger partial charge in [0.1, 0.15) is 40.4 Å². The van der Waals surface area contributed by atoms with Gasteiger partial charge in [0.2, 0.25) is 0 Å². The third-order valence-corrected chi connectivity index (χ3v) is 5.91. The van der Waals surface area contributed by atoms with Crippen LogP contribution in [-0.2, 0) is 6.42 Å². The fraction of sp³-hybridized carbons (Fsp3) is 0.129. The second kappa shape index (κ2) is 11.8. The molecule has 4 aromatic rings. The predicted molar refractivity (Wildman–Crippen MR) is 135 cm³/mol. The van der Waals surface area contributed by atoms with Gasteiger partial charge in [0.05, 0.1) is 5.56 Å². The number of carbonyl (C=O) groups is 1. The van der Waals surface area contributed by atoms with Crippen LogP contribution in [0.2, 0.25) is 0 Å². The molecule has 4 rings (SSSR count). The summed E-state index contributed by atoms with van der Waals surface area (Å²) in [5.74, 6) is -7.48. The minimum Gasteiger partial charge on any atom is -0.423 e. The van der Waals surface area contributed by atoms with Gasteiger partial charge in [-0.1, -0.05) is 55.7 Å². The molecule has 0 spiro atoms. The summed E-state index contributed by atoms with van der Waals surface area (Å²) < 4.78 is 114. The van der Waals surface area contributed by atoms with E-state index in [9.17, 15) is 39.9 Å². The van der Waals surface area contributed by atoms with Gasteiger partial charge in [-0.3, -0.25) is 0 Å². The maximum absolute atomic E-state index is 15.0. The van der Waals surface area contributed by atoms with Gasteiger partial charge >= 0.3 is 12.1 Å². The van der Waals surface area contributed by atoms with Gasteiger partial charge in [-0.15, -0.1) is 0 Å². The van der Waals surface area contributed by atoms with E-state index in [0.717, 1.165) is 24.0 Å². The lowest BCUT2D eigenvalue weighted by Gasteiger charge is -2.11. The number of aryl methyl sites for hydroxylation is 1. The Morgan fingerprint density at radius 3 is 1.83 bits per heavy atom. The van der Waals surface area contributed by atoms with Crippen LogP contribution in [0.25, 0.3) is 22.3 Å². The molecule has 4 aromatic carbocycles. The lowest BCUT2D eigenvalue weighted by atomic mass is 9.97. The Morgan fingerprint density at radius 1 is 0.732 bits per heavy atom. The van der Waals surface area contributed by atoms with E-state index in [0.29, 0.717) is 35.7 Å². The molecule has 0 aliphatic carbocycles. The molecule has 0 aromatic heterocycles. The van der Waals surface area contributed by atoms with E-state index < -0.39 is 58.1 Å². The van der Waals surface area contributed by atoms with Crippen LogP contribution < -0.4 is 4.74 Å². The molecule has 2 nitrogen and oxygen atoms in total. The van der Waals surface area contributed by atoms with Gasteiger partial charge in [-0.25, -0.2) is 26.7 Å². The summed E-state index contributed by atoms with van der Waals surface area (Å²) in [6.07, 6.45) is -3.15. The van der Waals surface area contributed by atoms with E-state index in [-0.39, 0.29) is 11.1 Å². The summed E-state index contributed by atoms with van der Waals surface area (Å²) in [6, 6.07) is 13.7. The van der Waals surface area contributed by atoms with Gasteiger partial charge in [-0.05, 0) is 46.9 Å². The van der Waals surface area contributed by atoms with Crippen LogP contribution in [-0.4, -0.2) is 12.1 Å². The molecule has 210 valence electrons. The fourth-order valence-corrected chi connectivity index (χ4v) is 4.02. The second-order valence-corrected chi connectivity index (χ2v) is 8.86. The van der Waals surface area contributed by atoms with E-state index in [1.807, 2.05) is 31.2 Å². The Bertz CT molecular complexity index is 1630. The van der Waals surface area contributed by atoms with Gasteiger partial charge in [0.25, 0.3) is 0 Å². The number of benzene rings is 4. The molecule has 0 aliphatic rings. The number of alkyl halides is 3. The van der Waals surface area contributed by atoms with Crippen LogP contribution in [0.1, 0.15) is 34.8 Å². The molecule has 0 amide bonds. The Morgan fingerprint density at radius 2 is 1.29 bits per heavy atom. The van der Waals surface area contributed by atoms with Crippen molar-refractivity contribution in [3.8, 4) is 39.8 Å². The highest BCUT2D eigenvalue weighted by Gasteiger charge is 2.25. The van der Waals surface area contributed by atoms with Crippen molar-refractivity contribution in [2.75, 3.05) is 0 Å². The largest absolute Gasteiger partial charge is 0.458 e. The molecule has 0 radical (unpaired) electrons.